The van der Waals surface area contributed by atoms with E-state index in [1.54, 1.807) is 6.20 Å². The van der Waals surface area contributed by atoms with Crippen LogP contribution in [0.1, 0.15) is 35.5 Å². The lowest BCUT2D eigenvalue weighted by Gasteiger charge is -1.98. The third kappa shape index (κ3) is 1.92. The third-order valence-electron chi connectivity index (χ3n) is 5.30. The molecule has 26 heavy (non-hydrogen) atoms. The lowest BCUT2D eigenvalue weighted by atomic mass is 10.2. The van der Waals surface area contributed by atoms with E-state index in [0.717, 1.165) is 34.9 Å². The van der Waals surface area contributed by atoms with Gasteiger partial charge in [0.25, 0.3) is 0 Å². The normalized spacial score (nSPS) is 19.6. The summed E-state index contributed by atoms with van der Waals surface area (Å²) in [7, 11) is 0. The molecule has 1 fully saturated rings. The van der Waals surface area contributed by atoms with Crippen molar-refractivity contribution in [3.8, 4) is 0 Å². The topological polar surface area (TPSA) is 60.4 Å². The summed E-state index contributed by atoms with van der Waals surface area (Å²) in [5.74, 6) is 1.62. The number of imidazole rings is 1. The Morgan fingerprint density at radius 1 is 1.04 bits per heavy atom. The Kier molecular flexibility index (Phi) is 2.62. The first-order valence-corrected chi connectivity index (χ1v) is 8.81. The lowest BCUT2D eigenvalue weighted by Crippen LogP contribution is -1.94. The van der Waals surface area contributed by atoms with Crippen LogP contribution in [0.2, 0.25) is 0 Å². The highest BCUT2D eigenvalue weighted by Crippen LogP contribution is 2.53. The quantitative estimate of drug-likeness (QED) is 0.493. The van der Waals surface area contributed by atoms with E-state index in [0.29, 0.717) is 11.8 Å². The lowest BCUT2D eigenvalue weighted by molar-refractivity contribution is 0.832. The number of pyridine rings is 1. The molecule has 0 aliphatic heterocycles. The van der Waals surface area contributed by atoms with E-state index >= 15 is 0 Å². The smallest absolute Gasteiger partial charge is 0.174 e. The summed E-state index contributed by atoms with van der Waals surface area (Å²) in [5, 5.41) is 7.09. The second-order valence-corrected chi connectivity index (χ2v) is 7.04. The van der Waals surface area contributed by atoms with Gasteiger partial charge in [0.15, 0.2) is 11.5 Å². The van der Waals surface area contributed by atoms with Gasteiger partial charge in [-0.2, -0.15) is 5.10 Å². The van der Waals surface area contributed by atoms with Gasteiger partial charge in [0.05, 0.1) is 17.6 Å². The molecular formula is C20H16N6. The fourth-order valence-electron chi connectivity index (χ4n) is 3.83. The van der Waals surface area contributed by atoms with Gasteiger partial charge in [-0.15, -0.1) is 0 Å². The molecular weight excluding hydrogens is 324 g/mol. The van der Waals surface area contributed by atoms with E-state index in [1.165, 1.54) is 10.8 Å². The average Bonchev–Trinajstić information content (AvgIpc) is 3.14. The van der Waals surface area contributed by atoms with Gasteiger partial charge < -0.3 is 4.40 Å². The molecule has 0 amide bonds. The number of aryl methyl sites for hydroxylation is 1. The van der Waals surface area contributed by atoms with Gasteiger partial charge in [-0.05, 0) is 24.8 Å². The molecule has 0 N–H and O–H groups in total. The van der Waals surface area contributed by atoms with Crippen LogP contribution < -0.4 is 0 Å². The molecule has 0 bridgehead atoms. The van der Waals surface area contributed by atoms with Gasteiger partial charge in [-0.25, -0.2) is 14.5 Å². The Hall–Kier alpha value is -3.28. The van der Waals surface area contributed by atoms with Crippen LogP contribution >= 0.6 is 0 Å². The van der Waals surface area contributed by atoms with Crippen LogP contribution in [-0.2, 0) is 0 Å². The molecule has 0 spiro atoms. The monoisotopic (exact) mass is 340 g/mol. The second kappa shape index (κ2) is 4.88. The van der Waals surface area contributed by atoms with Crippen LogP contribution in [-0.4, -0.2) is 29.0 Å². The van der Waals surface area contributed by atoms with Crippen LogP contribution in [0.4, 0.5) is 0 Å². The molecule has 0 radical (unpaired) electrons. The molecule has 4 heterocycles. The number of aromatic nitrogens is 6. The van der Waals surface area contributed by atoms with Gasteiger partial charge in [-0.3, -0.25) is 4.98 Å². The number of nitrogens with zero attached hydrogens (tertiary/aromatic N) is 6. The van der Waals surface area contributed by atoms with Gasteiger partial charge in [-0.1, -0.05) is 24.3 Å². The summed E-state index contributed by atoms with van der Waals surface area (Å²) in [4.78, 5) is 13.8. The summed E-state index contributed by atoms with van der Waals surface area (Å²) in [5.41, 5.74) is 3.95. The zero-order chi connectivity index (χ0) is 17.3. The van der Waals surface area contributed by atoms with Crippen LogP contribution in [0.5, 0.6) is 0 Å². The van der Waals surface area contributed by atoms with E-state index in [2.05, 4.69) is 62.2 Å². The highest BCUT2D eigenvalue weighted by molar-refractivity contribution is 5.93. The summed E-state index contributed by atoms with van der Waals surface area (Å²) >= 11 is 0. The molecule has 2 unspecified atom stereocenters. The minimum Gasteiger partial charge on any atom is -0.306 e. The second-order valence-electron chi connectivity index (χ2n) is 7.04. The highest BCUT2D eigenvalue weighted by atomic mass is 15.3. The molecule has 1 aromatic carbocycles. The van der Waals surface area contributed by atoms with E-state index < -0.39 is 0 Å². The Morgan fingerprint density at radius 2 is 1.96 bits per heavy atom. The molecule has 0 saturated heterocycles. The first kappa shape index (κ1) is 13.9. The largest absolute Gasteiger partial charge is 0.306 e. The van der Waals surface area contributed by atoms with Crippen LogP contribution in [0, 0.1) is 6.92 Å². The van der Waals surface area contributed by atoms with E-state index in [-0.39, 0.29) is 0 Å². The molecule has 6 nitrogen and oxygen atoms in total. The molecule has 4 aromatic heterocycles. The summed E-state index contributed by atoms with van der Waals surface area (Å²) in [6, 6.07) is 10.5. The van der Waals surface area contributed by atoms with Crippen molar-refractivity contribution in [2.24, 2.45) is 0 Å². The molecule has 1 aliphatic rings. The fraction of sp³-hybridized carbons (Fsp3) is 0.200. The molecule has 2 atom stereocenters. The molecule has 126 valence electrons. The van der Waals surface area contributed by atoms with Gasteiger partial charge in [0.2, 0.25) is 0 Å². The van der Waals surface area contributed by atoms with Crippen molar-refractivity contribution in [3.05, 3.63) is 72.3 Å². The number of hydrogen-bond acceptors (Lipinski definition) is 4. The van der Waals surface area contributed by atoms with Crippen molar-refractivity contribution in [1.29, 1.82) is 0 Å². The van der Waals surface area contributed by atoms with Crippen LogP contribution in [0.25, 0.3) is 22.1 Å². The number of rotatable bonds is 2. The van der Waals surface area contributed by atoms with Gasteiger partial charge in [0.1, 0.15) is 5.65 Å². The zero-order valence-electron chi connectivity index (χ0n) is 14.2. The predicted molar refractivity (Wildman–Crippen MR) is 98.3 cm³/mol. The van der Waals surface area contributed by atoms with Crippen LogP contribution in [0.3, 0.4) is 0 Å². The van der Waals surface area contributed by atoms with Crippen molar-refractivity contribution in [1.82, 2.24) is 29.0 Å². The SMILES string of the molecule is Cc1cncc2nc(C3CC3c3cn4ccc5ccccc5c4n3)nn12. The Labute approximate surface area is 149 Å². The van der Waals surface area contributed by atoms with Crippen LogP contribution in [0.15, 0.2) is 55.1 Å². The summed E-state index contributed by atoms with van der Waals surface area (Å²) in [6.45, 7) is 2.00. The van der Waals surface area contributed by atoms with Crippen molar-refractivity contribution in [2.45, 2.75) is 25.2 Å². The maximum absolute atomic E-state index is 4.94. The first-order chi connectivity index (χ1) is 12.8. The maximum Gasteiger partial charge on any atom is 0.174 e. The standard InChI is InChI=1S/C20H16N6/c1-12-9-21-10-18-23-19(24-26(12)18)16-8-15(16)17-11-25-7-6-13-4-2-3-5-14(13)20(25)22-17/h2-7,9-11,15-16H,8H2,1H3. The van der Waals surface area contributed by atoms with Gasteiger partial charge in [0, 0.05) is 35.8 Å². The molecule has 1 aliphatic carbocycles. The van der Waals surface area contributed by atoms with Crippen molar-refractivity contribution in [2.75, 3.05) is 0 Å². The van der Waals surface area contributed by atoms with E-state index in [1.807, 2.05) is 17.6 Å². The summed E-state index contributed by atoms with van der Waals surface area (Å²) in [6.07, 6.45) is 8.85. The molecule has 6 rings (SSSR count). The van der Waals surface area contributed by atoms with Crippen molar-refractivity contribution >= 4 is 22.1 Å². The average molecular weight is 340 g/mol. The minimum absolute atomic E-state index is 0.338. The Balaban J connectivity index is 1.40. The number of fused-ring (bicyclic) bond motifs is 4. The number of benzene rings is 1. The van der Waals surface area contributed by atoms with E-state index in [4.69, 9.17) is 4.98 Å². The minimum atomic E-state index is 0.338. The Bertz CT molecular complexity index is 1300. The predicted octanol–water partition coefficient (Wildman–Crippen LogP) is 3.50. The first-order valence-electron chi connectivity index (χ1n) is 8.81. The van der Waals surface area contributed by atoms with Gasteiger partial charge >= 0.3 is 0 Å². The molecule has 1 saturated carbocycles. The van der Waals surface area contributed by atoms with Crippen molar-refractivity contribution < 1.29 is 0 Å². The zero-order valence-corrected chi connectivity index (χ0v) is 14.2. The molecule has 5 aromatic rings. The summed E-state index contributed by atoms with van der Waals surface area (Å²) < 4.78 is 3.99. The number of hydrogen-bond donors (Lipinski definition) is 0. The van der Waals surface area contributed by atoms with Crippen molar-refractivity contribution in [3.63, 3.8) is 0 Å². The molecule has 6 heteroatoms. The highest BCUT2D eigenvalue weighted by Gasteiger charge is 2.44. The third-order valence-corrected chi connectivity index (χ3v) is 5.30. The maximum atomic E-state index is 4.94. The Morgan fingerprint density at radius 3 is 2.88 bits per heavy atom. The van der Waals surface area contributed by atoms with E-state index in [9.17, 15) is 0 Å². The fourth-order valence-corrected chi connectivity index (χ4v) is 3.83.